The normalized spacial score (nSPS) is 11.6. The molecule has 0 radical (unpaired) electrons. The number of nitrogens with two attached hydrogens (primary N) is 1. The summed E-state index contributed by atoms with van der Waals surface area (Å²) in [5.41, 5.74) is 5.30. The van der Waals surface area contributed by atoms with Crippen molar-refractivity contribution in [3.8, 4) is 0 Å². The molecule has 7 nitrogen and oxygen atoms in total. The summed E-state index contributed by atoms with van der Waals surface area (Å²) in [5.74, 6) is -1.48. The molecule has 1 amide bonds. The summed E-state index contributed by atoms with van der Waals surface area (Å²) >= 11 is 0. The van der Waals surface area contributed by atoms with Crippen LogP contribution in [0.25, 0.3) is 0 Å². The van der Waals surface area contributed by atoms with Gasteiger partial charge in [0.25, 0.3) is 0 Å². The molecule has 0 saturated carbocycles. The number of hydrogen-bond donors (Lipinski definition) is 2. The highest BCUT2D eigenvalue weighted by Crippen LogP contribution is 2.24. The van der Waals surface area contributed by atoms with Crippen molar-refractivity contribution in [1.29, 1.82) is 0 Å². The third-order valence-corrected chi connectivity index (χ3v) is 4.56. The minimum Gasteiger partial charge on any atom is -0.398 e. The minimum atomic E-state index is -4.18. The van der Waals surface area contributed by atoms with Gasteiger partial charge in [0, 0.05) is 20.7 Å². The van der Waals surface area contributed by atoms with Gasteiger partial charge >= 0.3 is 0 Å². The monoisotopic (exact) mass is 319 g/mol. The maximum atomic E-state index is 13.7. The van der Waals surface area contributed by atoms with E-state index in [-0.39, 0.29) is 12.2 Å². The second-order valence-electron chi connectivity index (χ2n) is 4.26. The first-order valence-corrected chi connectivity index (χ1v) is 7.50. The number of methoxy groups -OCH3 is 1. The number of nitrogens with zero attached hydrogens (tertiary/aromatic N) is 1. The first kappa shape index (κ1) is 17.3. The second kappa shape index (κ2) is 7.34. The fourth-order valence-corrected chi connectivity index (χ4v) is 2.87. The van der Waals surface area contributed by atoms with Crippen LogP contribution in [0.1, 0.15) is 0 Å². The lowest BCUT2D eigenvalue weighted by molar-refractivity contribution is -0.121. The summed E-state index contributed by atoms with van der Waals surface area (Å²) in [7, 11) is -1.53. The lowest BCUT2D eigenvalue weighted by atomic mass is 10.3. The highest BCUT2D eigenvalue weighted by Gasteiger charge is 2.28. The number of nitrogens with one attached hydrogen (secondary N) is 1. The molecule has 1 rings (SSSR count). The molecule has 9 heteroatoms. The third kappa shape index (κ3) is 4.38. The van der Waals surface area contributed by atoms with Crippen LogP contribution in [0, 0.1) is 5.82 Å². The zero-order chi connectivity index (χ0) is 16.0. The van der Waals surface area contributed by atoms with Crippen LogP contribution in [0.2, 0.25) is 0 Å². The van der Waals surface area contributed by atoms with Crippen molar-refractivity contribution >= 4 is 21.6 Å². The molecular weight excluding hydrogens is 301 g/mol. The maximum absolute atomic E-state index is 13.7. The molecule has 0 heterocycles. The summed E-state index contributed by atoms with van der Waals surface area (Å²) in [6.07, 6.45) is 0. The van der Waals surface area contributed by atoms with Crippen LogP contribution in [0.5, 0.6) is 0 Å². The highest BCUT2D eigenvalue weighted by atomic mass is 32.2. The van der Waals surface area contributed by atoms with Gasteiger partial charge in [-0.1, -0.05) is 6.07 Å². The Morgan fingerprint density at radius 3 is 2.71 bits per heavy atom. The number of carbonyl (C=O) groups excluding carboxylic acids is 1. The number of benzene rings is 1. The Hall–Kier alpha value is -1.71. The number of nitrogen functional groups attached to an aromatic ring is 1. The van der Waals surface area contributed by atoms with Gasteiger partial charge in [0.15, 0.2) is 0 Å². The van der Waals surface area contributed by atoms with E-state index in [4.69, 9.17) is 10.5 Å². The van der Waals surface area contributed by atoms with Crippen molar-refractivity contribution in [3.05, 3.63) is 24.0 Å². The Kier molecular flexibility index (Phi) is 6.06. The van der Waals surface area contributed by atoms with E-state index in [9.17, 15) is 17.6 Å². The van der Waals surface area contributed by atoms with Gasteiger partial charge in [-0.2, -0.15) is 4.31 Å². The first-order chi connectivity index (χ1) is 9.80. The average Bonchev–Trinajstić information content (AvgIpc) is 2.38. The molecule has 0 aliphatic rings. The molecule has 118 valence electrons. The number of hydrogen-bond acceptors (Lipinski definition) is 5. The molecule has 1 aromatic rings. The number of sulfonamides is 1. The van der Waals surface area contributed by atoms with Crippen LogP contribution in [0.3, 0.4) is 0 Å². The van der Waals surface area contributed by atoms with E-state index in [1.54, 1.807) is 0 Å². The van der Waals surface area contributed by atoms with E-state index in [1.807, 2.05) is 0 Å². The number of amides is 1. The van der Waals surface area contributed by atoms with Gasteiger partial charge in [0.1, 0.15) is 10.7 Å². The number of likely N-dealkylation sites (N-methyl/N-ethyl adjacent to an activating group) is 1. The molecule has 0 aromatic heterocycles. The molecule has 3 N–H and O–H groups in total. The Morgan fingerprint density at radius 2 is 2.14 bits per heavy atom. The molecule has 0 saturated heterocycles. The Balaban J connectivity index is 2.85. The topological polar surface area (TPSA) is 102 Å². The quantitative estimate of drug-likeness (QED) is 0.535. The lowest BCUT2D eigenvalue weighted by Crippen LogP contribution is -2.39. The van der Waals surface area contributed by atoms with Crippen molar-refractivity contribution < 1.29 is 22.3 Å². The van der Waals surface area contributed by atoms with Gasteiger partial charge in [-0.3, -0.25) is 4.79 Å². The molecule has 0 aliphatic carbocycles. The van der Waals surface area contributed by atoms with Gasteiger partial charge in [-0.25, -0.2) is 12.8 Å². The molecule has 0 spiro atoms. The average molecular weight is 319 g/mol. The predicted octanol–water partition coefficient (Wildman–Crippen LogP) is -0.209. The summed E-state index contributed by atoms with van der Waals surface area (Å²) < 4.78 is 43.7. The fourth-order valence-electron chi connectivity index (χ4n) is 1.59. The smallest absolute Gasteiger partial charge is 0.248 e. The SMILES string of the molecule is COCCNC(=O)CN(C)S(=O)(=O)c1c(N)cccc1F. The molecule has 21 heavy (non-hydrogen) atoms. The first-order valence-electron chi connectivity index (χ1n) is 6.06. The summed E-state index contributed by atoms with van der Waals surface area (Å²) in [4.78, 5) is 11.0. The summed E-state index contributed by atoms with van der Waals surface area (Å²) in [6, 6.07) is 3.58. The van der Waals surface area contributed by atoms with E-state index in [0.717, 1.165) is 10.4 Å². The number of ether oxygens (including phenoxy) is 1. The second-order valence-corrected chi connectivity index (χ2v) is 6.24. The largest absolute Gasteiger partial charge is 0.398 e. The molecule has 0 unspecified atom stereocenters. The van der Waals surface area contributed by atoms with Crippen molar-refractivity contribution in [3.63, 3.8) is 0 Å². The van der Waals surface area contributed by atoms with Crippen LogP contribution >= 0.6 is 0 Å². The van der Waals surface area contributed by atoms with E-state index in [2.05, 4.69) is 5.32 Å². The zero-order valence-corrected chi connectivity index (χ0v) is 12.6. The number of anilines is 1. The fraction of sp³-hybridized carbons (Fsp3) is 0.417. The molecule has 1 aromatic carbocycles. The maximum Gasteiger partial charge on any atom is 0.248 e. The number of rotatable bonds is 7. The van der Waals surface area contributed by atoms with Crippen molar-refractivity contribution in [2.45, 2.75) is 4.90 Å². The molecule has 0 aliphatic heterocycles. The van der Waals surface area contributed by atoms with Gasteiger partial charge < -0.3 is 15.8 Å². The molecule has 0 fully saturated rings. The minimum absolute atomic E-state index is 0.207. The van der Waals surface area contributed by atoms with Crippen LogP contribution in [-0.2, 0) is 19.6 Å². The Bertz CT molecular complexity index is 586. The van der Waals surface area contributed by atoms with E-state index in [1.165, 1.54) is 26.3 Å². The Labute approximate surface area is 122 Å². The van der Waals surface area contributed by atoms with Crippen LogP contribution in [-0.4, -0.2) is 52.5 Å². The summed E-state index contributed by atoms with van der Waals surface area (Å²) in [5, 5.41) is 2.47. The van der Waals surface area contributed by atoms with Crippen LogP contribution < -0.4 is 11.1 Å². The van der Waals surface area contributed by atoms with Gasteiger partial charge in [0.05, 0.1) is 18.8 Å². The number of halogens is 1. The lowest BCUT2D eigenvalue weighted by Gasteiger charge is -2.18. The zero-order valence-electron chi connectivity index (χ0n) is 11.8. The third-order valence-electron chi connectivity index (χ3n) is 2.66. The molecular formula is C12H18FN3O4S. The van der Waals surface area contributed by atoms with E-state index in [0.29, 0.717) is 6.61 Å². The highest BCUT2D eigenvalue weighted by molar-refractivity contribution is 7.89. The van der Waals surface area contributed by atoms with E-state index < -0.39 is 33.2 Å². The Morgan fingerprint density at radius 1 is 1.48 bits per heavy atom. The van der Waals surface area contributed by atoms with Crippen LogP contribution in [0.4, 0.5) is 10.1 Å². The van der Waals surface area contributed by atoms with Crippen molar-refractivity contribution in [2.24, 2.45) is 0 Å². The number of carbonyl (C=O) groups is 1. The molecule has 0 bridgehead atoms. The molecule has 0 atom stereocenters. The summed E-state index contributed by atoms with van der Waals surface area (Å²) in [6.45, 7) is 0.118. The standard InChI is InChI=1S/C12H18FN3O4S/c1-16(8-11(17)15-6-7-20-2)21(18,19)12-9(13)4-3-5-10(12)14/h3-5H,6-8,14H2,1-2H3,(H,15,17). The van der Waals surface area contributed by atoms with Gasteiger partial charge in [-0.15, -0.1) is 0 Å². The van der Waals surface area contributed by atoms with Crippen molar-refractivity contribution in [1.82, 2.24) is 9.62 Å². The van der Waals surface area contributed by atoms with Crippen LogP contribution in [0.15, 0.2) is 23.1 Å². The van der Waals surface area contributed by atoms with Crippen molar-refractivity contribution in [2.75, 3.05) is 39.6 Å². The van der Waals surface area contributed by atoms with E-state index >= 15 is 0 Å². The van der Waals surface area contributed by atoms with Gasteiger partial charge in [0.2, 0.25) is 15.9 Å². The van der Waals surface area contributed by atoms with Gasteiger partial charge in [-0.05, 0) is 12.1 Å². The predicted molar refractivity (Wildman–Crippen MR) is 75.5 cm³/mol.